The van der Waals surface area contributed by atoms with Gasteiger partial charge in [-0.25, -0.2) is 0 Å². The van der Waals surface area contributed by atoms with Crippen LogP contribution in [0.5, 0.6) is 0 Å². The maximum atomic E-state index is 10.8. The molecule has 2 rings (SSSR count). The van der Waals surface area contributed by atoms with Gasteiger partial charge < -0.3 is 5.11 Å². The Balaban J connectivity index is 2.52. The van der Waals surface area contributed by atoms with E-state index in [0.29, 0.717) is 5.16 Å². The van der Waals surface area contributed by atoms with Gasteiger partial charge in [0.2, 0.25) is 0 Å². The number of benzene rings is 1. The molecule has 112 valence electrons. The minimum Gasteiger partial charge on any atom is -0.481 e. The topological polar surface area (TPSA) is 68.0 Å². The Bertz CT molecular complexity index is 659. The molecule has 1 aromatic carbocycles. The SMILES string of the molecule is Cc1nnc(SCC(=O)O)n1-c1ccccc1C(C)(C)C. The molecular formula is C15H19N3O2S. The van der Waals surface area contributed by atoms with Crippen molar-refractivity contribution in [2.45, 2.75) is 38.3 Å². The molecule has 0 saturated carbocycles. The Morgan fingerprint density at radius 1 is 1.29 bits per heavy atom. The number of carboxylic acid groups (broad SMARTS) is 1. The zero-order valence-corrected chi connectivity index (χ0v) is 13.4. The first-order chi connectivity index (χ1) is 9.80. The average molecular weight is 305 g/mol. The number of hydrogen-bond donors (Lipinski definition) is 1. The lowest BCUT2D eigenvalue weighted by Gasteiger charge is -2.24. The lowest BCUT2D eigenvalue weighted by Crippen LogP contribution is -2.16. The van der Waals surface area contributed by atoms with Crippen LogP contribution < -0.4 is 0 Å². The van der Waals surface area contributed by atoms with Crippen molar-refractivity contribution in [3.63, 3.8) is 0 Å². The highest BCUT2D eigenvalue weighted by Crippen LogP contribution is 2.31. The van der Waals surface area contributed by atoms with Crippen molar-refractivity contribution >= 4 is 17.7 Å². The van der Waals surface area contributed by atoms with Gasteiger partial charge in [-0.1, -0.05) is 50.7 Å². The molecule has 0 atom stereocenters. The fraction of sp³-hybridized carbons (Fsp3) is 0.400. The highest BCUT2D eigenvalue weighted by atomic mass is 32.2. The molecule has 1 aromatic heterocycles. The third-order valence-electron chi connectivity index (χ3n) is 3.07. The van der Waals surface area contributed by atoms with E-state index in [4.69, 9.17) is 5.11 Å². The van der Waals surface area contributed by atoms with Gasteiger partial charge in [0.15, 0.2) is 5.16 Å². The number of thioether (sulfide) groups is 1. The van der Waals surface area contributed by atoms with Gasteiger partial charge in [-0.2, -0.15) is 0 Å². The summed E-state index contributed by atoms with van der Waals surface area (Å²) in [6.45, 7) is 8.32. The van der Waals surface area contributed by atoms with Crippen LogP contribution >= 0.6 is 11.8 Å². The van der Waals surface area contributed by atoms with Crippen molar-refractivity contribution in [2.24, 2.45) is 0 Å². The smallest absolute Gasteiger partial charge is 0.313 e. The van der Waals surface area contributed by atoms with E-state index in [2.05, 4.69) is 37.0 Å². The molecule has 1 heterocycles. The van der Waals surface area contributed by atoms with E-state index < -0.39 is 5.97 Å². The molecule has 2 aromatic rings. The van der Waals surface area contributed by atoms with Crippen LogP contribution in [0.1, 0.15) is 32.2 Å². The zero-order chi connectivity index (χ0) is 15.6. The summed E-state index contributed by atoms with van der Waals surface area (Å²) in [6.07, 6.45) is 0. The normalized spacial score (nSPS) is 11.6. The second-order valence-corrected chi connectivity index (χ2v) is 6.76. The van der Waals surface area contributed by atoms with Crippen molar-refractivity contribution in [1.82, 2.24) is 14.8 Å². The van der Waals surface area contributed by atoms with E-state index >= 15 is 0 Å². The molecule has 1 N–H and O–H groups in total. The number of carbonyl (C=O) groups is 1. The summed E-state index contributed by atoms with van der Waals surface area (Å²) in [5.74, 6) is -0.147. The maximum Gasteiger partial charge on any atom is 0.313 e. The molecule has 0 fully saturated rings. The van der Waals surface area contributed by atoms with Gasteiger partial charge in [-0.3, -0.25) is 9.36 Å². The van der Waals surface area contributed by atoms with Crippen molar-refractivity contribution in [1.29, 1.82) is 0 Å². The Hall–Kier alpha value is -1.82. The molecule has 0 amide bonds. The number of carboxylic acids is 1. The van der Waals surface area contributed by atoms with Crippen LogP contribution in [0.3, 0.4) is 0 Å². The standard InChI is InChI=1S/C15H19N3O2S/c1-10-16-17-14(21-9-13(19)20)18(10)12-8-6-5-7-11(12)15(2,3)4/h5-8H,9H2,1-4H3,(H,19,20). The van der Waals surface area contributed by atoms with E-state index in [1.54, 1.807) is 0 Å². The highest BCUT2D eigenvalue weighted by Gasteiger charge is 2.21. The number of rotatable bonds is 4. The molecule has 0 aliphatic carbocycles. The number of aromatic nitrogens is 3. The summed E-state index contributed by atoms with van der Waals surface area (Å²) in [5.41, 5.74) is 2.15. The van der Waals surface area contributed by atoms with Gasteiger partial charge in [-0.15, -0.1) is 10.2 Å². The zero-order valence-electron chi connectivity index (χ0n) is 12.6. The van der Waals surface area contributed by atoms with Gasteiger partial charge in [0, 0.05) is 0 Å². The summed E-state index contributed by atoms with van der Waals surface area (Å²) < 4.78 is 1.92. The lowest BCUT2D eigenvalue weighted by molar-refractivity contribution is -0.133. The molecule has 5 nitrogen and oxygen atoms in total. The molecule has 21 heavy (non-hydrogen) atoms. The molecule has 0 spiro atoms. The van der Waals surface area contributed by atoms with Gasteiger partial charge in [0.25, 0.3) is 0 Å². The first kappa shape index (κ1) is 15.6. The first-order valence-electron chi connectivity index (χ1n) is 6.67. The molecule has 0 aliphatic heterocycles. The van der Waals surface area contributed by atoms with Crippen LogP contribution in [0.2, 0.25) is 0 Å². The van der Waals surface area contributed by atoms with Crippen molar-refractivity contribution in [3.8, 4) is 5.69 Å². The van der Waals surface area contributed by atoms with E-state index in [1.165, 1.54) is 17.3 Å². The number of hydrogen-bond acceptors (Lipinski definition) is 4. The molecule has 0 bridgehead atoms. The van der Waals surface area contributed by atoms with Crippen molar-refractivity contribution in [3.05, 3.63) is 35.7 Å². The van der Waals surface area contributed by atoms with Gasteiger partial charge in [0.05, 0.1) is 11.4 Å². The minimum atomic E-state index is -0.865. The fourth-order valence-electron chi connectivity index (χ4n) is 2.14. The average Bonchev–Trinajstić information content (AvgIpc) is 2.76. The summed E-state index contributed by atoms with van der Waals surface area (Å²) in [5, 5.41) is 17.6. The Kier molecular flexibility index (Phi) is 4.37. The maximum absolute atomic E-state index is 10.8. The minimum absolute atomic E-state index is 0.0258. The molecule has 0 unspecified atom stereocenters. The van der Waals surface area contributed by atoms with Crippen molar-refractivity contribution in [2.75, 3.05) is 5.75 Å². The van der Waals surface area contributed by atoms with E-state index in [-0.39, 0.29) is 11.2 Å². The first-order valence-corrected chi connectivity index (χ1v) is 7.66. The molecule has 0 saturated heterocycles. The molecule has 6 heteroatoms. The van der Waals surface area contributed by atoms with E-state index in [0.717, 1.165) is 11.5 Å². The predicted molar refractivity (Wildman–Crippen MR) is 83.2 cm³/mol. The number of aryl methyl sites for hydroxylation is 1. The van der Waals surface area contributed by atoms with Crippen molar-refractivity contribution < 1.29 is 9.90 Å². The molecular weight excluding hydrogens is 286 g/mol. The van der Waals surface area contributed by atoms with Crippen LogP contribution in [0.15, 0.2) is 29.4 Å². The number of para-hydroxylation sites is 1. The quantitative estimate of drug-likeness (QED) is 0.879. The second kappa shape index (κ2) is 5.89. The summed E-state index contributed by atoms with van der Waals surface area (Å²) in [4.78, 5) is 10.8. The highest BCUT2D eigenvalue weighted by molar-refractivity contribution is 7.99. The summed E-state index contributed by atoms with van der Waals surface area (Å²) >= 11 is 1.18. The lowest BCUT2D eigenvalue weighted by atomic mass is 9.86. The molecule has 0 aliphatic rings. The Labute approximate surface area is 128 Å². The van der Waals surface area contributed by atoms with Crippen LogP contribution in [0.4, 0.5) is 0 Å². The van der Waals surface area contributed by atoms with E-state index in [9.17, 15) is 4.79 Å². The van der Waals surface area contributed by atoms with Crippen LogP contribution in [0.25, 0.3) is 5.69 Å². The third kappa shape index (κ3) is 3.44. The van der Waals surface area contributed by atoms with Gasteiger partial charge in [0.1, 0.15) is 5.82 Å². The monoisotopic (exact) mass is 305 g/mol. The third-order valence-corrected chi connectivity index (χ3v) is 3.99. The van der Waals surface area contributed by atoms with Gasteiger partial charge >= 0.3 is 5.97 Å². The Morgan fingerprint density at radius 3 is 2.57 bits per heavy atom. The fourth-order valence-corrected chi connectivity index (χ4v) is 2.85. The number of nitrogens with zero attached hydrogens (tertiary/aromatic N) is 3. The van der Waals surface area contributed by atoms with E-state index in [1.807, 2.05) is 29.7 Å². The second-order valence-electron chi connectivity index (χ2n) is 5.81. The van der Waals surface area contributed by atoms with Crippen LogP contribution in [0, 0.1) is 6.92 Å². The number of aliphatic carboxylic acids is 1. The Morgan fingerprint density at radius 2 is 1.95 bits per heavy atom. The van der Waals surface area contributed by atoms with Crippen LogP contribution in [-0.4, -0.2) is 31.6 Å². The van der Waals surface area contributed by atoms with Crippen LogP contribution in [-0.2, 0) is 10.2 Å². The summed E-state index contributed by atoms with van der Waals surface area (Å²) in [7, 11) is 0. The predicted octanol–water partition coefficient (Wildman–Crippen LogP) is 3.05. The molecule has 0 radical (unpaired) electrons. The summed E-state index contributed by atoms with van der Waals surface area (Å²) in [6, 6.07) is 8.08. The van der Waals surface area contributed by atoms with Gasteiger partial charge in [-0.05, 0) is 24.0 Å². The largest absolute Gasteiger partial charge is 0.481 e.